The number of benzene rings is 1. The van der Waals surface area contributed by atoms with E-state index in [9.17, 15) is 9.59 Å². The van der Waals surface area contributed by atoms with Gasteiger partial charge in [-0.25, -0.2) is 4.68 Å². The number of rotatable bonds is 6. The molecule has 1 N–H and O–H groups in total. The van der Waals surface area contributed by atoms with E-state index >= 15 is 0 Å². The standard InChI is InChI=1S/C15H16BrN3O3/c1-22-9-8-17-14(20)10-19-15(21)7-6-13(18-19)11-2-4-12(16)5-3-11/h2-7H,8-10H2,1H3,(H,17,20). The average Bonchev–Trinajstić information content (AvgIpc) is 2.51. The van der Waals surface area contributed by atoms with E-state index in [-0.39, 0.29) is 18.0 Å². The lowest BCUT2D eigenvalue weighted by atomic mass is 10.1. The molecule has 6 nitrogen and oxygen atoms in total. The fourth-order valence-corrected chi connectivity index (χ4v) is 2.09. The molecule has 0 fully saturated rings. The number of nitrogens with zero attached hydrogens (tertiary/aromatic N) is 2. The summed E-state index contributed by atoms with van der Waals surface area (Å²) >= 11 is 3.37. The van der Waals surface area contributed by atoms with Crippen LogP contribution >= 0.6 is 15.9 Å². The van der Waals surface area contributed by atoms with E-state index in [4.69, 9.17) is 4.74 Å². The number of hydrogen-bond acceptors (Lipinski definition) is 4. The molecule has 22 heavy (non-hydrogen) atoms. The third-order valence-electron chi connectivity index (χ3n) is 2.93. The Morgan fingerprint density at radius 2 is 2.00 bits per heavy atom. The third kappa shape index (κ3) is 4.51. The van der Waals surface area contributed by atoms with E-state index in [2.05, 4.69) is 26.3 Å². The molecule has 0 aliphatic carbocycles. The lowest BCUT2D eigenvalue weighted by Gasteiger charge is -2.08. The van der Waals surface area contributed by atoms with Crippen LogP contribution in [0, 0.1) is 0 Å². The molecule has 1 amide bonds. The molecular formula is C15H16BrN3O3. The van der Waals surface area contributed by atoms with E-state index in [0.29, 0.717) is 18.8 Å². The van der Waals surface area contributed by atoms with Crippen molar-refractivity contribution in [2.24, 2.45) is 0 Å². The number of carbonyl (C=O) groups excluding carboxylic acids is 1. The maximum absolute atomic E-state index is 11.8. The minimum atomic E-state index is -0.317. The van der Waals surface area contributed by atoms with E-state index in [1.165, 1.54) is 6.07 Å². The van der Waals surface area contributed by atoms with Crippen LogP contribution in [0.5, 0.6) is 0 Å². The molecule has 116 valence electrons. The average molecular weight is 366 g/mol. The Balaban J connectivity index is 2.15. The van der Waals surface area contributed by atoms with Gasteiger partial charge < -0.3 is 10.1 Å². The van der Waals surface area contributed by atoms with Crippen LogP contribution in [0.1, 0.15) is 0 Å². The largest absolute Gasteiger partial charge is 0.383 e. The molecule has 1 aromatic heterocycles. The molecule has 0 unspecified atom stereocenters. The number of methoxy groups -OCH3 is 1. The van der Waals surface area contributed by atoms with Crippen molar-refractivity contribution in [1.82, 2.24) is 15.1 Å². The van der Waals surface area contributed by atoms with Gasteiger partial charge in [0.2, 0.25) is 5.91 Å². The van der Waals surface area contributed by atoms with Crippen LogP contribution in [-0.4, -0.2) is 35.9 Å². The monoisotopic (exact) mass is 365 g/mol. The molecular weight excluding hydrogens is 350 g/mol. The topological polar surface area (TPSA) is 73.2 Å². The van der Waals surface area contributed by atoms with Gasteiger partial charge in [0, 0.05) is 29.8 Å². The van der Waals surface area contributed by atoms with Crippen LogP contribution in [0.25, 0.3) is 11.3 Å². The molecule has 0 radical (unpaired) electrons. The summed E-state index contributed by atoms with van der Waals surface area (Å²) in [4.78, 5) is 23.6. The van der Waals surface area contributed by atoms with Crippen molar-refractivity contribution in [2.75, 3.05) is 20.3 Å². The summed E-state index contributed by atoms with van der Waals surface area (Å²) in [5.74, 6) is -0.278. The number of hydrogen-bond donors (Lipinski definition) is 1. The molecule has 0 bridgehead atoms. The smallest absolute Gasteiger partial charge is 0.267 e. The minimum Gasteiger partial charge on any atom is -0.383 e. The predicted octanol–water partition coefficient (Wildman–Crippen LogP) is 1.44. The second kappa shape index (κ2) is 7.86. The van der Waals surface area contributed by atoms with Crippen molar-refractivity contribution < 1.29 is 9.53 Å². The van der Waals surface area contributed by atoms with Crippen molar-refractivity contribution in [1.29, 1.82) is 0 Å². The Labute approximate surface area is 136 Å². The first-order chi connectivity index (χ1) is 10.6. The zero-order valence-electron chi connectivity index (χ0n) is 12.1. The van der Waals surface area contributed by atoms with Gasteiger partial charge in [-0.05, 0) is 18.2 Å². The van der Waals surface area contributed by atoms with Crippen LogP contribution in [0.2, 0.25) is 0 Å². The molecule has 0 aliphatic rings. The third-order valence-corrected chi connectivity index (χ3v) is 3.46. The van der Waals surface area contributed by atoms with E-state index in [1.54, 1.807) is 13.2 Å². The number of halogens is 1. The molecule has 0 saturated carbocycles. The first kappa shape index (κ1) is 16.4. The van der Waals surface area contributed by atoms with Gasteiger partial charge in [0.25, 0.3) is 5.56 Å². The number of aromatic nitrogens is 2. The van der Waals surface area contributed by atoms with Crippen molar-refractivity contribution >= 4 is 21.8 Å². The number of ether oxygens (including phenoxy) is 1. The van der Waals surface area contributed by atoms with Gasteiger partial charge in [0.15, 0.2) is 0 Å². The number of amides is 1. The van der Waals surface area contributed by atoms with E-state index in [0.717, 1.165) is 14.7 Å². The lowest BCUT2D eigenvalue weighted by Crippen LogP contribution is -2.35. The van der Waals surface area contributed by atoms with Crippen molar-refractivity contribution in [3.8, 4) is 11.3 Å². The molecule has 0 spiro atoms. The highest BCUT2D eigenvalue weighted by atomic mass is 79.9. The van der Waals surface area contributed by atoms with Crippen LogP contribution in [0.15, 0.2) is 45.7 Å². The molecule has 0 aliphatic heterocycles. The van der Waals surface area contributed by atoms with Gasteiger partial charge in [-0.15, -0.1) is 0 Å². The highest BCUT2D eigenvalue weighted by molar-refractivity contribution is 9.10. The predicted molar refractivity (Wildman–Crippen MR) is 86.5 cm³/mol. The number of carbonyl (C=O) groups is 1. The SMILES string of the molecule is COCCNC(=O)Cn1nc(-c2ccc(Br)cc2)ccc1=O. The van der Waals surface area contributed by atoms with Gasteiger partial charge in [-0.2, -0.15) is 5.10 Å². The summed E-state index contributed by atoms with van der Waals surface area (Å²) in [6, 6.07) is 10.6. The summed E-state index contributed by atoms with van der Waals surface area (Å²) in [7, 11) is 1.56. The molecule has 0 atom stereocenters. The Hall–Kier alpha value is -1.99. The van der Waals surface area contributed by atoms with Crippen molar-refractivity contribution in [2.45, 2.75) is 6.54 Å². The summed E-state index contributed by atoms with van der Waals surface area (Å²) in [6.07, 6.45) is 0. The van der Waals surface area contributed by atoms with Gasteiger partial charge in [0.05, 0.1) is 12.3 Å². The molecule has 7 heteroatoms. The van der Waals surface area contributed by atoms with Crippen LogP contribution < -0.4 is 10.9 Å². The van der Waals surface area contributed by atoms with Gasteiger partial charge >= 0.3 is 0 Å². The van der Waals surface area contributed by atoms with Crippen LogP contribution in [0.3, 0.4) is 0 Å². The minimum absolute atomic E-state index is 0.118. The molecule has 0 saturated heterocycles. The van der Waals surface area contributed by atoms with Crippen molar-refractivity contribution in [3.63, 3.8) is 0 Å². The Kier molecular flexibility index (Phi) is 5.85. The zero-order valence-corrected chi connectivity index (χ0v) is 13.7. The first-order valence-corrected chi connectivity index (χ1v) is 7.49. The normalized spacial score (nSPS) is 10.5. The Morgan fingerprint density at radius 3 is 2.68 bits per heavy atom. The Bertz CT molecular complexity index is 698. The Morgan fingerprint density at radius 1 is 1.27 bits per heavy atom. The first-order valence-electron chi connectivity index (χ1n) is 6.70. The molecule has 2 rings (SSSR count). The van der Waals surface area contributed by atoms with Crippen molar-refractivity contribution in [3.05, 3.63) is 51.2 Å². The summed E-state index contributed by atoms with van der Waals surface area (Å²) < 4.78 is 6.96. The summed E-state index contributed by atoms with van der Waals surface area (Å²) in [5, 5.41) is 6.89. The molecule has 1 aromatic carbocycles. The van der Waals surface area contributed by atoms with E-state index < -0.39 is 0 Å². The van der Waals surface area contributed by atoms with Crippen LogP contribution in [0.4, 0.5) is 0 Å². The maximum Gasteiger partial charge on any atom is 0.267 e. The quantitative estimate of drug-likeness (QED) is 0.786. The number of nitrogens with one attached hydrogen (secondary N) is 1. The van der Waals surface area contributed by atoms with E-state index in [1.807, 2.05) is 24.3 Å². The van der Waals surface area contributed by atoms with Gasteiger partial charge in [0.1, 0.15) is 6.54 Å². The summed E-state index contributed by atoms with van der Waals surface area (Å²) in [5.41, 5.74) is 1.19. The lowest BCUT2D eigenvalue weighted by molar-refractivity contribution is -0.122. The molecule has 2 aromatic rings. The fourth-order valence-electron chi connectivity index (χ4n) is 1.82. The fraction of sp³-hybridized carbons (Fsp3) is 0.267. The van der Waals surface area contributed by atoms with Crippen LogP contribution in [-0.2, 0) is 16.1 Å². The van der Waals surface area contributed by atoms with Gasteiger partial charge in [-0.3, -0.25) is 9.59 Å². The summed E-state index contributed by atoms with van der Waals surface area (Å²) in [6.45, 7) is 0.705. The zero-order chi connectivity index (χ0) is 15.9. The maximum atomic E-state index is 11.8. The second-order valence-corrected chi connectivity index (χ2v) is 5.48. The second-order valence-electron chi connectivity index (χ2n) is 4.56. The highest BCUT2D eigenvalue weighted by Crippen LogP contribution is 2.18. The van der Waals surface area contributed by atoms with Gasteiger partial charge in [-0.1, -0.05) is 28.1 Å². The molecule has 1 heterocycles. The highest BCUT2D eigenvalue weighted by Gasteiger charge is 2.07.